The number of ether oxygens (including phenoxy) is 1. The molecule has 0 spiro atoms. The van der Waals surface area contributed by atoms with Crippen LogP contribution in [0.1, 0.15) is 13.8 Å². The third-order valence-corrected chi connectivity index (χ3v) is 4.19. The largest absolute Gasteiger partial charge is 0.383 e. The minimum atomic E-state index is -0.0357. The van der Waals surface area contributed by atoms with Gasteiger partial charge in [0, 0.05) is 25.3 Å². The maximum atomic E-state index is 11.9. The van der Waals surface area contributed by atoms with Crippen LogP contribution in [0.15, 0.2) is 35.5 Å². The van der Waals surface area contributed by atoms with Crippen LogP contribution < -0.4 is 5.32 Å². The van der Waals surface area contributed by atoms with Crippen molar-refractivity contribution in [3.05, 3.63) is 30.3 Å². The minimum Gasteiger partial charge on any atom is -0.383 e. The molecule has 0 radical (unpaired) electrons. The van der Waals surface area contributed by atoms with Crippen LogP contribution in [0, 0.1) is 0 Å². The Morgan fingerprint density at radius 3 is 2.74 bits per heavy atom. The van der Waals surface area contributed by atoms with Crippen molar-refractivity contribution in [2.75, 3.05) is 19.5 Å². The van der Waals surface area contributed by atoms with Gasteiger partial charge in [0.2, 0.25) is 5.91 Å². The van der Waals surface area contributed by atoms with Crippen molar-refractivity contribution in [3.8, 4) is 11.4 Å². The first-order chi connectivity index (χ1) is 11.2. The molecule has 1 N–H and O–H groups in total. The van der Waals surface area contributed by atoms with E-state index < -0.39 is 0 Å². The second-order valence-electron chi connectivity index (χ2n) is 5.13. The van der Waals surface area contributed by atoms with Crippen molar-refractivity contribution < 1.29 is 9.53 Å². The molecule has 2 rings (SSSR count). The molecule has 0 aliphatic rings. The van der Waals surface area contributed by atoms with Gasteiger partial charge in [0.25, 0.3) is 0 Å². The second kappa shape index (κ2) is 8.69. The molecule has 2 aromatic rings. The fourth-order valence-electron chi connectivity index (χ4n) is 2.22. The molecule has 0 unspecified atom stereocenters. The van der Waals surface area contributed by atoms with Crippen molar-refractivity contribution in [2.45, 2.75) is 31.6 Å². The molecule has 1 aromatic heterocycles. The average molecular weight is 334 g/mol. The van der Waals surface area contributed by atoms with Gasteiger partial charge in [-0.25, -0.2) is 0 Å². The summed E-state index contributed by atoms with van der Waals surface area (Å²) in [4.78, 5) is 11.9. The Kier molecular flexibility index (Phi) is 6.61. The van der Waals surface area contributed by atoms with E-state index in [1.807, 2.05) is 48.7 Å². The normalized spacial score (nSPS) is 12.1. The summed E-state index contributed by atoms with van der Waals surface area (Å²) in [7, 11) is 1.62. The third-order valence-electron chi connectivity index (χ3n) is 3.22. The summed E-state index contributed by atoms with van der Waals surface area (Å²) in [5, 5.41) is 12.1. The Hall–Kier alpha value is -1.86. The van der Waals surface area contributed by atoms with Crippen LogP contribution in [-0.4, -0.2) is 46.2 Å². The van der Waals surface area contributed by atoms with Gasteiger partial charge in [-0.05, 0) is 13.8 Å². The van der Waals surface area contributed by atoms with Crippen LogP contribution in [0.2, 0.25) is 0 Å². The molecule has 0 bridgehead atoms. The lowest BCUT2D eigenvalue weighted by Gasteiger charge is -2.12. The van der Waals surface area contributed by atoms with Gasteiger partial charge in [0.1, 0.15) is 0 Å². The van der Waals surface area contributed by atoms with E-state index in [2.05, 4.69) is 15.5 Å². The number of carbonyl (C=O) groups excluding carboxylic acids is 1. The summed E-state index contributed by atoms with van der Waals surface area (Å²) in [5.41, 5.74) is 1.02. The van der Waals surface area contributed by atoms with Crippen LogP contribution >= 0.6 is 11.8 Å². The van der Waals surface area contributed by atoms with Crippen molar-refractivity contribution in [1.29, 1.82) is 0 Å². The van der Waals surface area contributed by atoms with E-state index in [0.29, 0.717) is 12.4 Å². The number of rotatable bonds is 8. The highest BCUT2D eigenvalue weighted by atomic mass is 32.2. The number of hydrogen-bond donors (Lipinski definition) is 1. The summed E-state index contributed by atoms with van der Waals surface area (Å²) in [6, 6.07) is 9.92. The van der Waals surface area contributed by atoms with Crippen LogP contribution in [0.4, 0.5) is 0 Å². The lowest BCUT2D eigenvalue weighted by molar-refractivity contribution is -0.119. The van der Waals surface area contributed by atoms with Crippen LogP contribution in [0.3, 0.4) is 0 Å². The third kappa shape index (κ3) is 4.80. The zero-order chi connectivity index (χ0) is 16.7. The van der Waals surface area contributed by atoms with Crippen LogP contribution in [-0.2, 0) is 16.1 Å². The Morgan fingerprint density at radius 1 is 1.35 bits per heavy atom. The number of nitrogens with zero attached hydrogens (tertiary/aromatic N) is 3. The highest BCUT2D eigenvalue weighted by Gasteiger charge is 2.15. The predicted molar refractivity (Wildman–Crippen MR) is 91.3 cm³/mol. The molecule has 6 nitrogen and oxygen atoms in total. The molecular weight excluding hydrogens is 312 g/mol. The molecule has 1 atom stereocenters. The van der Waals surface area contributed by atoms with Crippen molar-refractivity contribution in [1.82, 2.24) is 20.1 Å². The van der Waals surface area contributed by atoms with Crippen LogP contribution in [0.25, 0.3) is 11.4 Å². The molecule has 1 heterocycles. The number of methoxy groups -OCH3 is 1. The van der Waals surface area contributed by atoms with Gasteiger partial charge in [0.05, 0.1) is 12.4 Å². The Bertz CT molecular complexity index is 630. The molecular formula is C16H22N4O2S. The van der Waals surface area contributed by atoms with Gasteiger partial charge < -0.3 is 14.6 Å². The Balaban J connectivity index is 2.01. The van der Waals surface area contributed by atoms with Gasteiger partial charge in [-0.1, -0.05) is 42.1 Å². The molecule has 0 saturated heterocycles. The predicted octanol–water partition coefficient (Wildman–Crippen LogP) is 2.21. The second-order valence-corrected chi connectivity index (χ2v) is 6.07. The number of nitrogens with one attached hydrogen (secondary N) is 1. The SMILES string of the molecule is CCn1c(SCC(=O)N[C@H](C)COC)nnc1-c1ccccc1. The lowest BCUT2D eigenvalue weighted by Crippen LogP contribution is -2.36. The molecule has 124 valence electrons. The highest BCUT2D eigenvalue weighted by Crippen LogP contribution is 2.23. The Labute approximate surface area is 140 Å². The molecule has 0 fully saturated rings. The quantitative estimate of drug-likeness (QED) is 0.750. The van der Waals surface area contributed by atoms with E-state index in [1.165, 1.54) is 11.8 Å². The molecule has 0 saturated carbocycles. The molecule has 1 amide bonds. The van der Waals surface area contributed by atoms with Crippen molar-refractivity contribution >= 4 is 17.7 Å². The number of thioether (sulfide) groups is 1. The first-order valence-corrected chi connectivity index (χ1v) is 8.54. The van der Waals surface area contributed by atoms with E-state index in [1.54, 1.807) is 7.11 Å². The smallest absolute Gasteiger partial charge is 0.230 e. The maximum absolute atomic E-state index is 11.9. The van der Waals surface area contributed by atoms with Crippen molar-refractivity contribution in [3.63, 3.8) is 0 Å². The Morgan fingerprint density at radius 2 is 2.09 bits per heavy atom. The lowest BCUT2D eigenvalue weighted by atomic mass is 10.2. The summed E-state index contributed by atoms with van der Waals surface area (Å²) in [6.45, 7) is 5.20. The molecule has 23 heavy (non-hydrogen) atoms. The van der Waals surface area contributed by atoms with Gasteiger partial charge >= 0.3 is 0 Å². The first-order valence-electron chi connectivity index (χ1n) is 7.55. The van der Waals surface area contributed by atoms with E-state index in [0.717, 1.165) is 23.1 Å². The molecule has 7 heteroatoms. The maximum Gasteiger partial charge on any atom is 0.230 e. The van der Waals surface area contributed by atoms with E-state index in [9.17, 15) is 4.79 Å². The van der Waals surface area contributed by atoms with E-state index in [-0.39, 0.29) is 11.9 Å². The number of amides is 1. The fourth-order valence-corrected chi connectivity index (χ4v) is 3.03. The zero-order valence-corrected chi connectivity index (χ0v) is 14.5. The van der Waals surface area contributed by atoms with Gasteiger partial charge in [-0.3, -0.25) is 4.79 Å². The monoisotopic (exact) mass is 334 g/mol. The molecule has 1 aromatic carbocycles. The topological polar surface area (TPSA) is 69.0 Å². The molecule has 0 aliphatic heterocycles. The fraction of sp³-hybridized carbons (Fsp3) is 0.438. The van der Waals surface area contributed by atoms with Crippen LogP contribution in [0.5, 0.6) is 0 Å². The number of hydrogen-bond acceptors (Lipinski definition) is 5. The summed E-state index contributed by atoms with van der Waals surface area (Å²) >= 11 is 1.39. The minimum absolute atomic E-state index is 0.00275. The summed E-state index contributed by atoms with van der Waals surface area (Å²) in [6.07, 6.45) is 0. The average Bonchev–Trinajstić information content (AvgIpc) is 2.96. The van der Waals surface area contributed by atoms with Gasteiger partial charge in [-0.2, -0.15) is 0 Å². The van der Waals surface area contributed by atoms with Gasteiger partial charge in [0.15, 0.2) is 11.0 Å². The summed E-state index contributed by atoms with van der Waals surface area (Å²) < 4.78 is 7.03. The van der Waals surface area contributed by atoms with Crippen molar-refractivity contribution in [2.24, 2.45) is 0 Å². The number of carbonyl (C=O) groups is 1. The molecule has 0 aliphatic carbocycles. The van der Waals surface area contributed by atoms with E-state index in [4.69, 9.17) is 4.74 Å². The standard InChI is InChI=1S/C16H22N4O2S/c1-4-20-15(13-8-6-5-7-9-13)18-19-16(20)23-11-14(21)17-12(2)10-22-3/h5-9,12H,4,10-11H2,1-3H3,(H,17,21)/t12-/m1/s1. The van der Waals surface area contributed by atoms with Gasteiger partial charge in [-0.15, -0.1) is 10.2 Å². The zero-order valence-electron chi connectivity index (χ0n) is 13.7. The first kappa shape index (κ1) is 17.5. The van der Waals surface area contributed by atoms with E-state index >= 15 is 0 Å². The number of aromatic nitrogens is 3. The summed E-state index contributed by atoms with van der Waals surface area (Å²) in [5.74, 6) is 1.09. The highest BCUT2D eigenvalue weighted by molar-refractivity contribution is 7.99. The number of benzene rings is 1.